The Hall–Kier alpha value is -0.747. The summed E-state index contributed by atoms with van der Waals surface area (Å²) >= 11 is -5.68. The van der Waals surface area contributed by atoms with Crippen molar-refractivity contribution >= 4 is 33.4 Å². The molecule has 2 atom stereocenters. The van der Waals surface area contributed by atoms with Crippen LogP contribution in [0.1, 0.15) is 43.4 Å². The normalized spacial score (nSPS) is 25.0. The Kier molecular flexibility index (Phi) is 3.44. The van der Waals surface area contributed by atoms with Crippen molar-refractivity contribution in [3.05, 3.63) is 82.9 Å². The SMILES string of the molecule is [CH2]=[Zr]([Cl])([Cl])([CH2]C)([CH2]C)([CH]1C=Cc2ccccc21)[CH]1C=Cc2ccccc21. The van der Waals surface area contributed by atoms with Crippen molar-refractivity contribution in [2.24, 2.45) is 0 Å². The molecule has 2 aliphatic carbocycles. The number of allylic oxidation sites excluding steroid dienone is 2. The van der Waals surface area contributed by atoms with Crippen molar-refractivity contribution in [1.29, 1.82) is 0 Å². The maximum absolute atomic E-state index is 8.09. The summed E-state index contributed by atoms with van der Waals surface area (Å²) in [4.78, 5) is 0. The first-order valence-electron chi connectivity index (χ1n) is 9.57. The van der Waals surface area contributed by atoms with E-state index in [4.69, 9.17) is 21.2 Å². The topological polar surface area (TPSA) is 0 Å². The third-order valence-electron chi connectivity index (χ3n) is 8.10. The molecule has 0 nitrogen and oxygen atoms in total. The molecule has 2 aromatic rings. The number of rotatable bonds is 4. The second kappa shape index (κ2) is 4.80. The molecule has 0 radical (unpaired) electrons. The van der Waals surface area contributed by atoms with Gasteiger partial charge in [-0.05, 0) is 0 Å². The van der Waals surface area contributed by atoms with E-state index in [0.29, 0.717) is 8.26 Å². The van der Waals surface area contributed by atoms with E-state index in [1.165, 1.54) is 22.3 Å². The van der Waals surface area contributed by atoms with Crippen LogP contribution in [0.25, 0.3) is 12.2 Å². The minimum absolute atomic E-state index is 0.0397. The van der Waals surface area contributed by atoms with Gasteiger partial charge in [0.2, 0.25) is 0 Å². The number of benzene rings is 2. The Morgan fingerprint density at radius 3 is 1.54 bits per heavy atom. The van der Waals surface area contributed by atoms with E-state index in [1.54, 1.807) is 0 Å². The van der Waals surface area contributed by atoms with Crippen molar-refractivity contribution in [1.82, 2.24) is 0 Å². The molecule has 0 saturated carbocycles. The monoisotopic (exact) mass is 462 g/mol. The fourth-order valence-corrected chi connectivity index (χ4v) is 26.9. The second-order valence-electron chi connectivity index (χ2n) is 9.09. The van der Waals surface area contributed by atoms with Gasteiger partial charge in [-0.2, -0.15) is 0 Å². The van der Waals surface area contributed by atoms with E-state index in [2.05, 4.69) is 86.7 Å². The molecule has 0 fully saturated rings. The Bertz CT molecular complexity index is 1030. The average Bonchev–Trinajstić information content (AvgIpc) is 3.28. The Balaban J connectivity index is 2.11. The van der Waals surface area contributed by atoms with Gasteiger partial charge in [0.25, 0.3) is 0 Å². The van der Waals surface area contributed by atoms with Gasteiger partial charge in [0, 0.05) is 0 Å². The molecule has 2 aromatic carbocycles. The molecule has 0 aromatic heterocycles. The first-order chi connectivity index (χ1) is 12.1. The van der Waals surface area contributed by atoms with E-state index in [0.717, 1.165) is 0 Å². The molecule has 3 heteroatoms. The Labute approximate surface area is 157 Å². The van der Waals surface area contributed by atoms with Gasteiger partial charge in [0.15, 0.2) is 0 Å². The second-order valence-corrected chi connectivity index (χ2v) is 50.6. The summed E-state index contributed by atoms with van der Waals surface area (Å²) in [5.74, 6) is 0. The van der Waals surface area contributed by atoms with Gasteiger partial charge in [-0.25, -0.2) is 0 Å². The van der Waals surface area contributed by atoms with Crippen LogP contribution in [0, 0.1) is 0 Å². The molecular weight excluding hydrogens is 438 g/mol. The van der Waals surface area contributed by atoms with Crippen molar-refractivity contribution in [2.45, 2.75) is 29.4 Å². The molecule has 0 saturated heterocycles. The maximum atomic E-state index is 8.09. The molecular formula is C23H26Cl2Zr. The van der Waals surface area contributed by atoms with Crippen LogP contribution in [0.15, 0.2) is 60.7 Å². The molecule has 136 valence electrons. The Morgan fingerprint density at radius 2 is 1.15 bits per heavy atom. The number of fused-ring (bicyclic) bond motifs is 2. The third kappa shape index (κ3) is 2.03. The molecule has 0 bridgehead atoms. The van der Waals surface area contributed by atoms with Crippen molar-refractivity contribution in [3.63, 3.8) is 0 Å². The standard InChI is InChI=1S/2C9H7.2C2H5.CH2.2ClH.Zr/c2*1-2-5-9-7-3-6-8(9)4-1;2*1-2;;;;/h2*1-7H;2*1H2,2H3;1H2;2*1H;/q;;;;;;;+2/p-2. The summed E-state index contributed by atoms with van der Waals surface area (Å²) in [6, 6.07) is 17.0. The van der Waals surface area contributed by atoms with Crippen LogP contribution in [-0.4, -0.2) is 4.21 Å². The van der Waals surface area contributed by atoms with Gasteiger partial charge in [-0.3, -0.25) is 0 Å². The van der Waals surface area contributed by atoms with Crippen LogP contribution >= 0.6 is 17.0 Å². The average molecular weight is 465 g/mol. The van der Waals surface area contributed by atoms with Crippen LogP contribution in [0.2, 0.25) is 8.26 Å². The van der Waals surface area contributed by atoms with Gasteiger partial charge < -0.3 is 0 Å². The van der Waals surface area contributed by atoms with Crippen molar-refractivity contribution in [3.8, 4) is 0 Å². The van der Waals surface area contributed by atoms with E-state index < -0.39 is 12.9 Å². The molecule has 0 spiro atoms. The van der Waals surface area contributed by atoms with E-state index in [1.807, 2.05) is 0 Å². The Morgan fingerprint density at radius 1 is 0.769 bits per heavy atom. The van der Waals surface area contributed by atoms with Crippen molar-refractivity contribution in [2.75, 3.05) is 0 Å². The first-order valence-corrected chi connectivity index (χ1v) is 24.0. The zero-order chi connectivity index (χ0) is 18.7. The van der Waals surface area contributed by atoms with Gasteiger partial charge in [-0.1, -0.05) is 0 Å². The predicted octanol–water partition coefficient (Wildman–Crippen LogP) is 7.90. The quantitative estimate of drug-likeness (QED) is 0.431. The fraction of sp³-hybridized carbons (Fsp3) is 0.261. The first kappa shape index (κ1) is 18.6. The minimum atomic E-state index is -5.68. The summed E-state index contributed by atoms with van der Waals surface area (Å²) in [6.45, 7) is 4.31. The van der Waals surface area contributed by atoms with E-state index in [-0.39, 0.29) is 7.25 Å². The fourth-order valence-electron chi connectivity index (χ4n) is 5.56. The van der Waals surface area contributed by atoms with E-state index in [9.17, 15) is 0 Å². The van der Waals surface area contributed by atoms with Crippen LogP contribution < -0.4 is 0 Å². The van der Waals surface area contributed by atoms with Gasteiger partial charge >= 0.3 is 159 Å². The van der Waals surface area contributed by atoms with E-state index >= 15 is 0 Å². The molecule has 2 unspecified atom stereocenters. The van der Waals surface area contributed by atoms with Gasteiger partial charge in [-0.15, -0.1) is 0 Å². The summed E-state index contributed by atoms with van der Waals surface area (Å²) in [5, 5.41) is 0. The van der Waals surface area contributed by atoms with Crippen LogP contribution in [0.5, 0.6) is 0 Å². The van der Waals surface area contributed by atoms with Crippen LogP contribution in [0.3, 0.4) is 0 Å². The molecule has 4 rings (SSSR count). The molecule has 0 amide bonds. The number of halogens is 2. The zero-order valence-electron chi connectivity index (χ0n) is 15.5. The van der Waals surface area contributed by atoms with Gasteiger partial charge in [0.05, 0.1) is 0 Å². The molecule has 0 aliphatic heterocycles. The molecule has 2 aliphatic rings. The third-order valence-corrected chi connectivity index (χ3v) is 44.6. The molecule has 0 heterocycles. The zero-order valence-corrected chi connectivity index (χ0v) is 19.4. The number of hydrogen-bond acceptors (Lipinski definition) is 0. The number of hydrogen-bond donors (Lipinski definition) is 0. The van der Waals surface area contributed by atoms with Gasteiger partial charge in [0.1, 0.15) is 0 Å². The van der Waals surface area contributed by atoms with Crippen LogP contribution in [-0.2, 0) is 12.9 Å². The summed E-state index contributed by atoms with van der Waals surface area (Å²) < 4.78 is 6.30. The molecule has 0 N–H and O–H groups in total. The molecule has 26 heavy (non-hydrogen) atoms. The summed E-state index contributed by atoms with van der Waals surface area (Å²) in [6.07, 6.45) is 8.83. The van der Waals surface area contributed by atoms with Crippen LogP contribution in [0.4, 0.5) is 0 Å². The van der Waals surface area contributed by atoms with Crippen molar-refractivity contribution < 1.29 is 12.9 Å². The summed E-state index contributed by atoms with van der Waals surface area (Å²) in [7, 11) is 16.2. The predicted molar refractivity (Wildman–Crippen MR) is 116 cm³/mol. The summed E-state index contributed by atoms with van der Waals surface area (Å²) in [5.41, 5.74) is 4.90.